The van der Waals surface area contributed by atoms with Crippen LogP contribution in [0.5, 0.6) is 0 Å². The highest BCUT2D eigenvalue weighted by atomic mass is 16.2. The predicted octanol–water partition coefficient (Wildman–Crippen LogP) is 1.71. The van der Waals surface area contributed by atoms with Crippen LogP contribution in [0.25, 0.3) is 0 Å². The van der Waals surface area contributed by atoms with Crippen molar-refractivity contribution >= 4 is 5.91 Å². The van der Waals surface area contributed by atoms with Crippen molar-refractivity contribution in [2.75, 3.05) is 39.3 Å². The highest BCUT2D eigenvalue weighted by Gasteiger charge is 2.56. The topological polar surface area (TPSA) is 35.6 Å². The van der Waals surface area contributed by atoms with Gasteiger partial charge in [0.2, 0.25) is 5.91 Å². The van der Waals surface area contributed by atoms with E-state index in [1.54, 1.807) is 0 Å². The molecule has 0 aromatic carbocycles. The molecule has 4 heteroatoms. The van der Waals surface area contributed by atoms with Gasteiger partial charge in [0.05, 0.1) is 5.41 Å². The van der Waals surface area contributed by atoms with E-state index in [0.717, 1.165) is 57.0 Å². The molecule has 1 N–H and O–H groups in total. The molecule has 6 rings (SSSR count). The summed E-state index contributed by atoms with van der Waals surface area (Å²) in [5.41, 5.74) is 0.0626. The minimum absolute atomic E-state index is 0.0626. The molecule has 4 saturated carbocycles. The first-order chi connectivity index (χ1) is 11.2. The summed E-state index contributed by atoms with van der Waals surface area (Å²) in [7, 11) is 0. The fraction of sp³-hybridized carbons (Fsp3) is 0.947. The van der Waals surface area contributed by atoms with Gasteiger partial charge in [-0.3, -0.25) is 9.69 Å². The maximum absolute atomic E-state index is 13.4. The third kappa shape index (κ3) is 2.44. The second kappa shape index (κ2) is 5.45. The molecule has 0 spiro atoms. The van der Waals surface area contributed by atoms with E-state index in [4.69, 9.17) is 0 Å². The molecular weight excluding hydrogens is 286 g/mol. The van der Waals surface area contributed by atoms with Crippen molar-refractivity contribution in [3.63, 3.8) is 0 Å². The third-order valence-electron chi connectivity index (χ3n) is 7.61. The van der Waals surface area contributed by atoms with Crippen molar-refractivity contribution in [1.29, 1.82) is 0 Å². The van der Waals surface area contributed by atoms with Crippen molar-refractivity contribution in [3.05, 3.63) is 0 Å². The quantitative estimate of drug-likeness (QED) is 0.842. The molecule has 128 valence electrons. The average Bonchev–Trinajstić information content (AvgIpc) is 3.03. The van der Waals surface area contributed by atoms with Crippen LogP contribution in [-0.4, -0.2) is 61.0 Å². The molecule has 4 nitrogen and oxygen atoms in total. The third-order valence-corrected chi connectivity index (χ3v) is 7.61. The Bertz CT molecular complexity index is 450. The predicted molar refractivity (Wildman–Crippen MR) is 90.0 cm³/mol. The van der Waals surface area contributed by atoms with E-state index in [1.165, 1.54) is 44.9 Å². The molecule has 4 aliphatic carbocycles. The summed E-state index contributed by atoms with van der Waals surface area (Å²) in [5.74, 6) is 3.17. The summed E-state index contributed by atoms with van der Waals surface area (Å²) in [6.45, 7) is 6.54. The number of likely N-dealkylation sites (tertiary alicyclic amines) is 1. The number of hydrogen-bond acceptors (Lipinski definition) is 3. The van der Waals surface area contributed by atoms with Gasteiger partial charge < -0.3 is 10.2 Å². The summed E-state index contributed by atoms with van der Waals surface area (Å²) >= 11 is 0. The minimum atomic E-state index is 0.0626. The minimum Gasteiger partial charge on any atom is -0.341 e. The van der Waals surface area contributed by atoms with Crippen LogP contribution in [0.1, 0.15) is 44.9 Å². The van der Waals surface area contributed by atoms with Crippen LogP contribution in [0.2, 0.25) is 0 Å². The zero-order valence-electron chi connectivity index (χ0n) is 14.3. The van der Waals surface area contributed by atoms with E-state index in [1.807, 2.05) is 0 Å². The summed E-state index contributed by atoms with van der Waals surface area (Å²) in [4.78, 5) is 18.3. The summed E-state index contributed by atoms with van der Waals surface area (Å²) < 4.78 is 0. The summed E-state index contributed by atoms with van der Waals surface area (Å²) in [6.07, 6.45) is 9.12. The number of carbonyl (C=O) groups excluding carboxylic acids is 1. The first-order valence-corrected chi connectivity index (χ1v) is 9.96. The van der Waals surface area contributed by atoms with Crippen molar-refractivity contribution < 1.29 is 4.79 Å². The lowest BCUT2D eigenvalue weighted by atomic mass is 9.49. The van der Waals surface area contributed by atoms with Crippen LogP contribution >= 0.6 is 0 Å². The second-order valence-corrected chi connectivity index (χ2v) is 9.18. The van der Waals surface area contributed by atoms with Gasteiger partial charge in [0.25, 0.3) is 0 Å². The van der Waals surface area contributed by atoms with Gasteiger partial charge in [-0.05, 0) is 62.7 Å². The van der Waals surface area contributed by atoms with Crippen LogP contribution in [0, 0.1) is 23.2 Å². The van der Waals surface area contributed by atoms with Gasteiger partial charge in [-0.1, -0.05) is 0 Å². The normalized spacial score (nSPS) is 46.5. The Labute approximate surface area is 140 Å². The molecule has 0 radical (unpaired) electrons. The number of carbonyl (C=O) groups is 1. The highest BCUT2D eigenvalue weighted by molar-refractivity contribution is 5.83. The van der Waals surface area contributed by atoms with Crippen LogP contribution in [0.4, 0.5) is 0 Å². The molecule has 1 amide bonds. The fourth-order valence-corrected chi connectivity index (χ4v) is 6.98. The van der Waals surface area contributed by atoms with Gasteiger partial charge in [0.15, 0.2) is 0 Å². The Morgan fingerprint density at radius 3 is 2.13 bits per heavy atom. The zero-order chi connectivity index (χ0) is 15.4. The lowest BCUT2D eigenvalue weighted by Crippen LogP contribution is -2.55. The van der Waals surface area contributed by atoms with Gasteiger partial charge in [-0.25, -0.2) is 0 Å². The van der Waals surface area contributed by atoms with Crippen LogP contribution in [0.15, 0.2) is 0 Å². The molecule has 6 fully saturated rings. The van der Waals surface area contributed by atoms with E-state index >= 15 is 0 Å². The molecular formula is C19H31N3O. The lowest BCUT2D eigenvalue weighted by molar-refractivity contribution is -0.156. The zero-order valence-corrected chi connectivity index (χ0v) is 14.3. The van der Waals surface area contributed by atoms with E-state index in [0.29, 0.717) is 11.9 Å². The molecule has 2 aliphatic heterocycles. The lowest BCUT2D eigenvalue weighted by Gasteiger charge is -2.56. The van der Waals surface area contributed by atoms with Crippen LogP contribution < -0.4 is 5.32 Å². The number of nitrogens with one attached hydrogen (secondary N) is 1. The molecule has 6 aliphatic rings. The molecule has 1 unspecified atom stereocenters. The maximum Gasteiger partial charge on any atom is 0.228 e. The first kappa shape index (κ1) is 14.7. The van der Waals surface area contributed by atoms with Gasteiger partial charge in [-0.2, -0.15) is 0 Å². The molecule has 1 atom stereocenters. The second-order valence-electron chi connectivity index (χ2n) is 9.18. The molecule has 23 heavy (non-hydrogen) atoms. The van der Waals surface area contributed by atoms with Gasteiger partial charge >= 0.3 is 0 Å². The van der Waals surface area contributed by atoms with Crippen LogP contribution in [0.3, 0.4) is 0 Å². The highest BCUT2D eigenvalue weighted by Crippen LogP contribution is 2.60. The van der Waals surface area contributed by atoms with Crippen LogP contribution in [-0.2, 0) is 4.79 Å². The summed E-state index contributed by atoms with van der Waals surface area (Å²) in [5, 5.41) is 3.44. The summed E-state index contributed by atoms with van der Waals surface area (Å²) in [6, 6.07) is 0.620. The first-order valence-electron chi connectivity index (χ1n) is 9.96. The number of amides is 1. The number of nitrogens with zero attached hydrogens (tertiary/aromatic N) is 2. The van der Waals surface area contributed by atoms with Gasteiger partial charge in [0.1, 0.15) is 0 Å². The molecule has 0 aromatic heterocycles. The largest absolute Gasteiger partial charge is 0.341 e. The standard InChI is InChI=1S/C19H31N3O/c23-18(19-10-14-7-15(11-19)9-16(8-14)12-19)22-4-1-17(13-22)21-5-2-20-3-6-21/h14-17,20H,1-13H2. The molecule has 0 aromatic rings. The van der Waals surface area contributed by atoms with Crippen molar-refractivity contribution in [3.8, 4) is 0 Å². The van der Waals surface area contributed by atoms with E-state index in [9.17, 15) is 4.79 Å². The monoisotopic (exact) mass is 317 g/mol. The number of piperazine rings is 1. The molecule has 4 bridgehead atoms. The Morgan fingerprint density at radius 1 is 0.913 bits per heavy atom. The van der Waals surface area contributed by atoms with Crippen molar-refractivity contribution in [2.24, 2.45) is 23.2 Å². The Hall–Kier alpha value is -0.610. The Balaban J connectivity index is 1.28. The Morgan fingerprint density at radius 2 is 1.52 bits per heavy atom. The number of rotatable bonds is 2. The van der Waals surface area contributed by atoms with Crippen molar-refractivity contribution in [1.82, 2.24) is 15.1 Å². The Kier molecular flexibility index (Phi) is 3.49. The molecule has 2 saturated heterocycles. The number of hydrogen-bond donors (Lipinski definition) is 1. The molecule has 2 heterocycles. The van der Waals surface area contributed by atoms with Gasteiger partial charge in [0, 0.05) is 45.3 Å². The van der Waals surface area contributed by atoms with E-state index in [2.05, 4.69) is 15.1 Å². The van der Waals surface area contributed by atoms with Gasteiger partial charge in [-0.15, -0.1) is 0 Å². The van der Waals surface area contributed by atoms with Crippen molar-refractivity contribution in [2.45, 2.75) is 51.0 Å². The maximum atomic E-state index is 13.4. The smallest absolute Gasteiger partial charge is 0.228 e. The van der Waals surface area contributed by atoms with E-state index in [-0.39, 0.29) is 5.41 Å². The SMILES string of the molecule is O=C(N1CCC(N2CCNCC2)C1)C12CC3CC(CC(C3)C1)C2. The fourth-order valence-electron chi connectivity index (χ4n) is 6.98. The average molecular weight is 317 g/mol. The van der Waals surface area contributed by atoms with E-state index < -0.39 is 0 Å².